The molecule has 16 nitrogen and oxygen atoms in total. The number of alkyl carbamates (subject to hydrolysis) is 1. The number of hydrogen-bond acceptors (Lipinski definition) is 9. The minimum absolute atomic E-state index is 0.00445. The second kappa shape index (κ2) is 14.6. The first-order valence-corrected chi connectivity index (χ1v) is 20.2. The summed E-state index contributed by atoms with van der Waals surface area (Å²) >= 11 is 0. The molecule has 3 aliphatic heterocycles. The number of ketones is 1. The maximum Gasteiger partial charge on any atom is 0.408 e. The maximum absolute atomic E-state index is 16.5. The number of sulfonamides is 1. The highest BCUT2D eigenvalue weighted by Gasteiger charge is 2.61. The molecule has 296 valence electrons. The van der Waals surface area contributed by atoms with Gasteiger partial charge in [0.25, 0.3) is 5.91 Å². The molecule has 6 aliphatic rings. The first kappa shape index (κ1) is 38.3. The van der Waals surface area contributed by atoms with E-state index in [2.05, 4.69) is 28.5 Å². The van der Waals surface area contributed by atoms with Gasteiger partial charge < -0.3 is 30.3 Å². The van der Waals surface area contributed by atoms with Gasteiger partial charge in [-0.15, -0.1) is 6.58 Å². The first-order valence-electron chi connectivity index (χ1n) is 18.7. The molecule has 1 aromatic rings. The van der Waals surface area contributed by atoms with Crippen molar-refractivity contribution in [2.45, 2.75) is 92.8 Å². The normalized spacial score (nSPS) is 26.7. The zero-order valence-corrected chi connectivity index (χ0v) is 31.0. The predicted molar refractivity (Wildman–Crippen MR) is 192 cm³/mol. The van der Waals surface area contributed by atoms with E-state index < -0.39 is 92.9 Å². The lowest BCUT2D eigenvalue weighted by Crippen LogP contribution is -2.61. The van der Waals surface area contributed by atoms with E-state index in [1.165, 1.54) is 28.0 Å². The summed E-state index contributed by atoms with van der Waals surface area (Å²) in [5.74, 6) is -4.12. The van der Waals surface area contributed by atoms with Crippen LogP contribution >= 0.6 is 0 Å². The minimum Gasteiger partial charge on any atom is -0.465 e. The van der Waals surface area contributed by atoms with Crippen LogP contribution in [0.2, 0.25) is 0 Å². The number of ether oxygens (including phenoxy) is 1. The molecule has 0 bridgehead atoms. The van der Waals surface area contributed by atoms with Gasteiger partial charge in [-0.25, -0.2) is 27.2 Å². The Labute approximate surface area is 317 Å². The van der Waals surface area contributed by atoms with Crippen molar-refractivity contribution in [2.75, 3.05) is 26.2 Å². The monoisotopic (exact) mass is 784 g/mol. The van der Waals surface area contributed by atoms with E-state index in [1.54, 1.807) is 0 Å². The molecule has 5 unspecified atom stereocenters. The topological polar surface area (TPSA) is 212 Å². The number of carbonyl (C=O) groups is 6. The summed E-state index contributed by atoms with van der Waals surface area (Å²) in [6.07, 6.45) is 4.62. The average Bonchev–Trinajstić information content (AvgIpc) is 3.91. The molecule has 6 amide bonds. The molecule has 5 atom stereocenters. The molecule has 4 N–H and O–H groups in total. The Morgan fingerprint density at radius 2 is 1.67 bits per heavy atom. The number of nitrogens with zero attached hydrogens (tertiary/aromatic N) is 3. The van der Waals surface area contributed by atoms with E-state index in [0.717, 1.165) is 23.8 Å². The molecule has 7 rings (SSSR count). The smallest absolute Gasteiger partial charge is 0.408 e. The Kier molecular flexibility index (Phi) is 10.1. The highest BCUT2D eigenvalue weighted by Crippen LogP contribution is 2.46. The highest BCUT2D eigenvalue weighted by molar-refractivity contribution is 7.91. The number of urea groups is 1. The molecule has 3 saturated carbocycles. The van der Waals surface area contributed by atoms with Gasteiger partial charge in [-0.1, -0.05) is 24.8 Å². The summed E-state index contributed by atoms with van der Waals surface area (Å²) in [6.45, 7) is 7.21. The molecule has 2 saturated heterocycles. The van der Waals surface area contributed by atoms with E-state index in [9.17, 15) is 42.3 Å². The van der Waals surface area contributed by atoms with Crippen LogP contribution in [0.3, 0.4) is 0 Å². The number of fused-ring (bicyclic) bond motifs is 1. The van der Waals surface area contributed by atoms with Gasteiger partial charge in [0.15, 0.2) is 5.78 Å². The van der Waals surface area contributed by atoms with Crippen LogP contribution in [0.1, 0.15) is 80.0 Å². The fourth-order valence-corrected chi connectivity index (χ4v) is 9.79. The predicted octanol–water partition coefficient (Wildman–Crippen LogP) is 2.66. The summed E-state index contributed by atoms with van der Waals surface area (Å²) in [4.78, 5) is 82.3. The summed E-state index contributed by atoms with van der Waals surface area (Å²) in [5.41, 5.74) is -1.12. The van der Waals surface area contributed by atoms with Gasteiger partial charge in [0.05, 0.1) is 17.8 Å². The fourth-order valence-electron chi connectivity index (χ4n) is 8.43. The SMILES string of the molecule is C=CC(=O)N1CC(C(NC(=O)OC2CCCC2)C(=O)C2c3ccc(C4CCN(C(=O)NC5(C(=O)NS(=O)(=O)C6CC6)CC5C=C)C4)c(F)c3CN2C(=O)O)C1. The molecule has 3 aliphatic carbocycles. The molecule has 18 heteroatoms. The van der Waals surface area contributed by atoms with Crippen molar-refractivity contribution in [1.29, 1.82) is 0 Å². The number of halogens is 1. The summed E-state index contributed by atoms with van der Waals surface area (Å²) < 4.78 is 49.0. The molecular weight excluding hydrogens is 740 g/mol. The van der Waals surface area contributed by atoms with Gasteiger partial charge in [-0.2, -0.15) is 0 Å². The van der Waals surface area contributed by atoms with Gasteiger partial charge in [-0.3, -0.25) is 24.0 Å². The molecular formula is C37H45FN6O10S. The number of benzene rings is 1. The van der Waals surface area contributed by atoms with Crippen molar-refractivity contribution in [3.63, 3.8) is 0 Å². The van der Waals surface area contributed by atoms with Crippen molar-refractivity contribution >= 4 is 45.8 Å². The zero-order valence-electron chi connectivity index (χ0n) is 30.2. The third kappa shape index (κ3) is 7.27. The lowest BCUT2D eigenvalue weighted by molar-refractivity contribution is -0.137. The summed E-state index contributed by atoms with van der Waals surface area (Å²) in [7, 11) is -3.86. The number of rotatable bonds is 12. The van der Waals surface area contributed by atoms with Gasteiger partial charge in [0.1, 0.15) is 23.5 Å². The van der Waals surface area contributed by atoms with Crippen LogP contribution in [0.4, 0.5) is 18.8 Å². The number of nitrogens with one attached hydrogen (secondary N) is 3. The minimum atomic E-state index is -3.86. The lowest BCUT2D eigenvalue weighted by atomic mass is 9.84. The third-order valence-corrected chi connectivity index (χ3v) is 13.7. The quantitative estimate of drug-likeness (QED) is 0.180. The highest BCUT2D eigenvalue weighted by atomic mass is 32.2. The van der Waals surface area contributed by atoms with Crippen molar-refractivity contribution in [2.24, 2.45) is 11.8 Å². The second-order valence-electron chi connectivity index (χ2n) is 15.4. The summed E-state index contributed by atoms with van der Waals surface area (Å²) in [6, 6.07) is -0.336. The van der Waals surface area contributed by atoms with Crippen LogP contribution in [-0.2, 0) is 35.7 Å². The first-order chi connectivity index (χ1) is 26.2. The number of hydrogen-bond donors (Lipinski definition) is 4. The molecule has 3 heterocycles. The van der Waals surface area contributed by atoms with Crippen LogP contribution in [-0.4, -0.2) is 113 Å². The number of amides is 6. The molecule has 5 fully saturated rings. The number of Topliss-reactive ketones (excluding diaryl/α,β-unsaturated/α-hetero) is 1. The van der Waals surface area contributed by atoms with E-state index in [0.29, 0.717) is 32.1 Å². The molecule has 0 radical (unpaired) electrons. The van der Waals surface area contributed by atoms with Crippen LogP contribution in [0.25, 0.3) is 0 Å². The average molecular weight is 785 g/mol. The Morgan fingerprint density at radius 1 is 0.982 bits per heavy atom. The Hall–Kier alpha value is -5.00. The van der Waals surface area contributed by atoms with Crippen LogP contribution in [0, 0.1) is 17.7 Å². The largest absolute Gasteiger partial charge is 0.465 e. The van der Waals surface area contributed by atoms with Crippen molar-refractivity contribution in [3.05, 3.63) is 60.0 Å². The number of likely N-dealkylation sites (tertiary alicyclic amines) is 2. The van der Waals surface area contributed by atoms with Crippen LogP contribution in [0.5, 0.6) is 0 Å². The third-order valence-electron chi connectivity index (χ3n) is 11.9. The van der Waals surface area contributed by atoms with Gasteiger partial charge >= 0.3 is 18.2 Å². The fraction of sp³-hybridized carbons (Fsp3) is 0.568. The van der Waals surface area contributed by atoms with Crippen molar-refractivity contribution < 1.29 is 51.4 Å². The van der Waals surface area contributed by atoms with E-state index in [4.69, 9.17) is 4.74 Å². The van der Waals surface area contributed by atoms with Gasteiger partial charge in [-0.05, 0) is 68.6 Å². The Bertz CT molecular complexity index is 1940. The Morgan fingerprint density at radius 3 is 2.29 bits per heavy atom. The van der Waals surface area contributed by atoms with Crippen LogP contribution < -0.4 is 15.4 Å². The second-order valence-corrected chi connectivity index (χ2v) is 17.4. The van der Waals surface area contributed by atoms with Crippen LogP contribution in [0.15, 0.2) is 37.4 Å². The van der Waals surface area contributed by atoms with Gasteiger partial charge in [0.2, 0.25) is 15.9 Å². The number of carboxylic acid groups (broad SMARTS) is 1. The van der Waals surface area contributed by atoms with E-state index in [1.807, 2.05) is 0 Å². The molecule has 0 spiro atoms. The molecule has 0 aromatic heterocycles. The van der Waals surface area contributed by atoms with Crippen molar-refractivity contribution in [1.82, 2.24) is 30.1 Å². The lowest BCUT2D eigenvalue weighted by Gasteiger charge is -2.43. The zero-order chi connectivity index (χ0) is 39.4. The Balaban J connectivity index is 1.07. The molecule has 1 aromatic carbocycles. The van der Waals surface area contributed by atoms with E-state index >= 15 is 4.39 Å². The maximum atomic E-state index is 16.5. The standard InChI is InChI=1S/C37H45FN6O10S/c1-3-22-15-37(22,33(47)41-55(52,53)24-9-10-24)40-34(48)42-14-13-20(16-42)25-11-12-26-27(29(25)38)19-44(36(50)51)31(26)32(46)30(21-17-43(18-21)28(45)4-2)39-35(49)54-23-7-5-6-8-23/h3-4,11-12,20-24,30-31H,1-2,5-10,13-19H2,(H,39,49)(H,40,48)(H,41,47)(H,50,51). The molecule has 55 heavy (non-hydrogen) atoms. The van der Waals surface area contributed by atoms with Gasteiger partial charge in [0, 0.05) is 49.5 Å². The van der Waals surface area contributed by atoms with E-state index in [-0.39, 0.29) is 61.3 Å². The number of carbonyl (C=O) groups excluding carboxylic acids is 5. The summed E-state index contributed by atoms with van der Waals surface area (Å²) in [5, 5.41) is 14.9. The van der Waals surface area contributed by atoms with Crippen molar-refractivity contribution in [3.8, 4) is 0 Å².